The minimum absolute atomic E-state index is 0.110. The van der Waals surface area contributed by atoms with Gasteiger partial charge in [0.15, 0.2) is 0 Å². The van der Waals surface area contributed by atoms with Crippen molar-refractivity contribution >= 4 is 29.0 Å². The van der Waals surface area contributed by atoms with E-state index >= 15 is 0 Å². The second kappa shape index (κ2) is 12.5. The van der Waals surface area contributed by atoms with Crippen molar-refractivity contribution in [3.05, 3.63) is 77.6 Å². The maximum Gasteiger partial charge on any atom is 0.413 e. The molecule has 1 aliphatic heterocycles. The van der Waals surface area contributed by atoms with Crippen molar-refractivity contribution in [1.82, 2.24) is 14.9 Å². The molecular weight excluding hydrogens is 547 g/mol. The summed E-state index contributed by atoms with van der Waals surface area (Å²) in [5, 5.41) is 2.56. The Hall–Kier alpha value is -4.40. The Balaban J connectivity index is 1.18. The van der Waals surface area contributed by atoms with Gasteiger partial charge in [-0.15, -0.1) is 0 Å². The maximum atomic E-state index is 13.9. The fourth-order valence-electron chi connectivity index (χ4n) is 6.54. The van der Waals surface area contributed by atoms with E-state index in [1.165, 1.54) is 12.7 Å². The van der Waals surface area contributed by atoms with Crippen LogP contribution < -0.4 is 10.1 Å². The smallest absolute Gasteiger partial charge is 0.413 e. The summed E-state index contributed by atoms with van der Waals surface area (Å²) >= 11 is 0. The Labute approximate surface area is 250 Å². The molecule has 0 saturated heterocycles. The summed E-state index contributed by atoms with van der Waals surface area (Å²) in [6.45, 7) is 3.55. The van der Waals surface area contributed by atoms with Crippen molar-refractivity contribution < 1.29 is 23.5 Å². The molecule has 0 spiro atoms. The number of hydrogen-bond acceptors (Lipinski definition) is 5. The Morgan fingerprint density at radius 3 is 2.65 bits per heavy atom. The summed E-state index contributed by atoms with van der Waals surface area (Å²) in [6, 6.07) is 18.8. The van der Waals surface area contributed by atoms with Crippen LogP contribution in [-0.2, 0) is 16.1 Å². The van der Waals surface area contributed by atoms with Crippen molar-refractivity contribution in [2.24, 2.45) is 11.8 Å². The third kappa shape index (κ3) is 6.35. The zero-order valence-electron chi connectivity index (χ0n) is 24.6. The van der Waals surface area contributed by atoms with E-state index in [2.05, 4.69) is 33.0 Å². The fourth-order valence-corrected chi connectivity index (χ4v) is 6.54. The number of halogens is 1. The van der Waals surface area contributed by atoms with Crippen LogP contribution >= 0.6 is 0 Å². The minimum atomic E-state index is -0.592. The van der Waals surface area contributed by atoms with Crippen LogP contribution in [0.5, 0.6) is 5.75 Å². The van der Waals surface area contributed by atoms with E-state index in [9.17, 15) is 14.0 Å². The first-order chi connectivity index (χ1) is 20.9. The monoisotopic (exact) mass is 584 g/mol. The van der Waals surface area contributed by atoms with Gasteiger partial charge in [0.1, 0.15) is 18.2 Å². The van der Waals surface area contributed by atoms with Crippen molar-refractivity contribution in [3.8, 4) is 16.9 Å². The summed E-state index contributed by atoms with van der Waals surface area (Å²) < 4.78 is 24.3. The number of anilines is 1. The largest absolute Gasteiger partial charge is 0.491 e. The van der Waals surface area contributed by atoms with Crippen molar-refractivity contribution in [1.29, 1.82) is 0 Å². The summed E-state index contributed by atoms with van der Waals surface area (Å²) in [6.07, 6.45) is 4.69. The van der Waals surface area contributed by atoms with Crippen molar-refractivity contribution in [2.75, 3.05) is 25.6 Å². The van der Waals surface area contributed by atoms with Crippen LogP contribution in [0.1, 0.15) is 56.1 Å². The SMILES string of the molecule is COC(=O)Nc1nc2ccc(-c3ccc4c(c3)CN(C(=O)C(C)C3CCCCC(c5ccc(F)cc5)C3)CCO4)cc2[nH]1. The number of aromatic amines is 1. The highest BCUT2D eigenvalue weighted by Gasteiger charge is 2.32. The average molecular weight is 585 g/mol. The molecule has 1 saturated carbocycles. The number of benzene rings is 3. The lowest BCUT2D eigenvalue weighted by Gasteiger charge is -2.30. The number of nitrogens with zero attached hydrogens (tertiary/aromatic N) is 2. The van der Waals surface area contributed by atoms with Gasteiger partial charge >= 0.3 is 6.09 Å². The molecule has 0 bridgehead atoms. The van der Waals surface area contributed by atoms with Crippen molar-refractivity contribution in [3.63, 3.8) is 0 Å². The number of methoxy groups -OCH3 is 1. The highest BCUT2D eigenvalue weighted by atomic mass is 19.1. The van der Waals surface area contributed by atoms with E-state index in [0.717, 1.165) is 65.6 Å². The summed E-state index contributed by atoms with van der Waals surface area (Å²) in [7, 11) is 1.30. The van der Waals surface area contributed by atoms with E-state index in [0.29, 0.717) is 31.6 Å². The van der Waals surface area contributed by atoms with Gasteiger partial charge in [-0.05, 0) is 84.2 Å². The summed E-state index contributed by atoms with van der Waals surface area (Å²) in [4.78, 5) is 34.9. The standard InChI is InChI=1S/C34H37FN4O4/c1-21(23-5-3-4-6-24(17-23)22-7-11-28(35)12-8-22)32(40)39-15-16-43-31-14-10-25(18-27(31)20-39)26-9-13-29-30(19-26)37-33(36-29)38-34(41)42-2/h7-14,18-19,21,23-24H,3-6,15-17,20H2,1-2H3,(H2,36,37,38,41). The van der Waals surface area contributed by atoms with Gasteiger partial charge in [0.2, 0.25) is 11.9 Å². The quantitative estimate of drug-likeness (QED) is 0.241. The number of H-pyrrole nitrogens is 1. The number of carbonyl (C=O) groups excluding carboxylic acids is 2. The third-order valence-corrected chi connectivity index (χ3v) is 8.98. The Kier molecular flexibility index (Phi) is 8.31. The second-order valence-corrected chi connectivity index (χ2v) is 11.7. The molecule has 1 aromatic heterocycles. The molecule has 3 atom stereocenters. The Bertz CT molecular complexity index is 1620. The lowest BCUT2D eigenvalue weighted by Crippen LogP contribution is -2.39. The number of nitrogens with one attached hydrogen (secondary N) is 2. The first kappa shape index (κ1) is 28.7. The summed E-state index contributed by atoms with van der Waals surface area (Å²) in [5.41, 5.74) is 5.61. The molecule has 0 radical (unpaired) electrons. The first-order valence-corrected chi connectivity index (χ1v) is 15.0. The minimum Gasteiger partial charge on any atom is -0.491 e. The van der Waals surface area contributed by atoms with Crippen LogP contribution in [0.3, 0.4) is 0 Å². The molecule has 2 amide bonds. The van der Waals surface area contributed by atoms with Crippen LogP contribution in [0.2, 0.25) is 0 Å². The topological polar surface area (TPSA) is 96.6 Å². The molecule has 224 valence electrons. The van der Waals surface area contributed by atoms with Gasteiger partial charge in [0.05, 0.1) is 24.7 Å². The Morgan fingerprint density at radius 1 is 1.07 bits per heavy atom. The average Bonchev–Trinajstić information content (AvgIpc) is 3.16. The zero-order chi connectivity index (χ0) is 29.9. The van der Waals surface area contributed by atoms with E-state index in [-0.39, 0.29) is 23.6 Å². The number of aromatic nitrogens is 2. The molecule has 8 nitrogen and oxygen atoms in total. The van der Waals surface area contributed by atoms with Crippen molar-refractivity contribution in [2.45, 2.75) is 51.5 Å². The van der Waals surface area contributed by atoms with Gasteiger partial charge in [-0.3, -0.25) is 10.1 Å². The fraction of sp³-hybridized carbons (Fsp3) is 0.382. The molecule has 4 aromatic rings. The molecule has 1 fully saturated rings. The molecule has 2 aliphatic rings. The van der Waals surface area contributed by atoms with Crippen LogP contribution in [0.15, 0.2) is 60.7 Å². The molecule has 2 heterocycles. The molecule has 3 aromatic carbocycles. The van der Waals surface area contributed by atoms with E-state index < -0.39 is 6.09 Å². The van der Waals surface area contributed by atoms with Gasteiger partial charge in [0, 0.05) is 18.0 Å². The zero-order valence-corrected chi connectivity index (χ0v) is 24.6. The van der Waals surface area contributed by atoms with Crippen LogP contribution in [-0.4, -0.2) is 47.1 Å². The van der Waals surface area contributed by atoms with Crippen LogP contribution in [0.25, 0.3) is 22.2 Å². The second-order valence-electron chi connectivity index (χ2n) is 11.7. The van der Waals surface area contributed by atoms with Gasteiger partial charge in [-0.25, -0.2) is 14.2 Å². The van der Waals surface area contributed by atoms with Gasteiger partial charge in [-0.2, -0.15) is 0 Å². The van der Waals surface area contributed by atoms with Crippen LogP contribution in [0, 0.1) is 17.7 Å². The maximum absolute atomic E-state index is 13.9. The number of ether oxygens (including phenoxy) is 2. The highest BCUT2D eigenvalue weighted by molar-refractivity contribution is 5.88. The van der Waals surface area contributed by atoms with E-state index in [1.54, 1.807) is 12.1 Å². The predicted molar refractivity (Wildman–Crippen MR) is 163 cm³/mol. The first-order valence-electron chi connectivity index (χ1n) is 15.0. The number of rotatable bonds is 5. The third-order valence-electron chi connectivity index (χ3n) is 8.98. The number of amides is 2. The van der Waals surface area contributed by atoms with Crippen LogP contribution in [0.4, 0.5) is 15.1 Å². The van der Waals surface area contributed by atoms with Gasteiger partial charge < -0.3 is 19.4 Å². The van der Waals surface area contributed by atoms with E-state index in [1.807, 2.05) is 47.4 Å². The van der Waals surface area contributed by atoms with Gasteiger partial charge in [-0.1, -0.05) is 44.0 Å². The number of imidazole rings is 1. The molecule has 9 heteroatoms. The molecule has 43 heavy (non-hydrogen) atoms. The van der Waals surface area contributed by atoms with Gasteiger partial charge in [0.25, 0.3) is 0 Å². The highest BCUT2D eigenvalue weighted by Crippen LogP contribution is 2.39. The molecule has 2 N–H and O–H groups in total. The lowest BCUT2D eigenvalue weighted by atomic mass is 9.81. The molecule has 1 aliphatic carbocycles. The number of fused-ring (bicyclic) bond motifs is 2. The Morgan fingerprint density at radius 2 is 1.84 bits per heavy atom. The normalized spacial score (nSPS) is 19.5. The molecule has 6 rings (SSSR count). The molecular formula is C34H37FN4O4. The number of carbonyl (C=O) groups is 2. The lowest BCUT2D eigenvalue weighted by molar-refractivity contribution is -0.137. The number of hydrogen-bond donors (Lipinski definition) is 2. The van der Waals surface area contributed by atoms with E-state index in [4.69, 9.17) is 4.74 Å². The molecule has 3 unspecified atom stereocenters. The summed E-state index contributed by atoms with van der Waals surface area (Å²) in [5.74, 6) is 1.57. The predicted octanol–water partition coefficient (Wildman–Crippen LogP) is 7.27.